The highest BCUT2D eigenvalue weighted by Gasteiger charge is 2.25. The number of nitrogens with one attached hydrogen (secondary N) is 1. The maximum Gasteiger partial charge on any atom is 0.197 e. The van der Waals surface area contributed by atoms with Crippen molar-refractivity contribution in [3.63, 3.8) is 0 Å². The van der Waals surface area contributed by atoms with E-state index in [2.05, 4.69) is 50.9 Å². The number of aromatic nitrogens is 6. The van der Waals surface area contributed by atoms with Crippen LogP contribution in [0.15, 0.2) is 30.9 Å². The average Bonchev–Trinajstić information content (AvgIpc) is 3.50. The Morgan fingerprint density at radius 2 is 1.97 bits per heavy atom. The van der Waals surface area contributed by atoms with Crippen molar-refractivity contribution in [1.29, 1.82) is 0 Å². The van der Waals surface area contributed by atoms with E-state index in [9.17, 15) is 0 Å². The van der Waals surface area contributed by atoms with Crippen LogP contribution in [0.4, 0.5) is 4.39 Å². The van der Waals surface area contributed by atoms with Crippen LogP contribution in [0.25, 0.3) is 28.3 Å². The van der Waals surface area contributed by atoms with Crippen LogP contribution in [0.3, 0.4) is 0 Å². The number of aromatic amines is 1. The van der Waals surface area contributed by atoms with Gasteiger partial charge in [0.15, 0.2) is 17.2 Å². The van der Waals surface area contributed by atoms with Gasteiger partial charge >= 0.3 is 0 Å². The van der Waals surface area contributed by atoms with E-state index < -0.39 is 0 Å². The predicted molar refractivity (Wildman–Crippen MR) is 128 cm³/mol. The molecule has 178 valence electrons. The quantitative estimate of drug-likeness (QED) is 0.448. The molecule has 8 nitrogen and oxygen atoms in total. The van der Waals surface area contributed by atoms with Crippen LogP contribution < -0.4 is 4.74 Å². The molecule has 5 heterocycles. The van der Waals surface area contributed by atoms with Crippen molar-refractivity contribution in [3.8, 4) is 28.4 Å². The van der Waals surface area contributed by atoms with Crippen LogP contribution in [0.5, 0.6) is 5.75 Å². The summed E-state index contributed by atoms with van der Waals surface area (Å²) in [6.45, 7) is 9.47. The fourth-order valence-electron chi connectivity index (χ4n) is 4.93. The second-order valence-electron chi connectivity index (χ2n) is 9.15. The van der Waals surface area contributed by atoms with E-state index in [1.807, 2.05) is 18.5 Å². The molecule has 1 N–H and O–H groups in total. The van der Waals surface area contributed by atoms with Gasteiger partial charge in [-0.3, -0.25) is 10.1 Å². The Balaban J connectivity index is 1.52. The van der Waals surface area contributed by atoms with Crippen molar-refractivity contribution in [2.75, 3.05) is 26.7 Å². The summed E-state index contributed by atoms with van der Waals surface area (Å²) in [5.74, 6) is 0.698. The zero-order chi connectivity index (χ0) is 23.8. The molecule has 0 amide bonds. The molecule has 0 aromatic carbocycles. The number of piperidine rings is 1. The van der Waals surface area contributed by atoms with Crippen LogP contribution in [-0.2, 0) is 0 Å². The molecule has 1 saturated heterocycles. The zero-order valence-corrected chi connectivity index (χ0v) is 20.0. The summed E-state index contributed by atoms with van der Waals surface area (Å²) in [6.07, 6.45) is 7.24. The third-order valence-electron chi connectivity index (χ3n) is 6.82. The number of likely N-dealkylation sites (tertiary alicyclic amines) is 1. The van der Waals surface area contributed by atoms with Crippen molar-refractivity contribution in [3.05, 3.63) is 47.8 Å². The highest BCUT2D eigenvalue weighted by atomic mass is 19.1. The Labute approximate surface area is 198 Å². The topological polar surface area (TPSA) is 84.2 Å². The third-order valence-corrected chi connectivity index (χ3v) is 6.82. The van der Waals surface area contributed by atoms with Crippen LogP contribution >= 0.6 is 0 Å². The summed E-state index contributed by atoms with van der Waals surface area (Å²) >= 11 is 0. The molecule has 5 rings (SSSR count). The van der Waals surface area contributed by atoms with Gasteiger partial charge in [0.25, 0.3) is 0 Å². The number of rotatable bonds is 6. The minimum atomic E-state index is -0.334. The lowest BCUT2D eigenvalue weighted by Crippen LogP contribution is -2.32. The molecular formula is C25H30FN7O. The number of methoxy groups -OCH3 is 1. The Morgan fingerprint density at radius 1 is 1.18 bits per heavy atom. The van der Waals surface area contributed by atoms with Crippen molar-refractivity contribution in [2.24, 2.45) is 0 Å². The number of hydrogen-bond acceptors (Lipinski definition) is 6. The summed E-state index contributed by atoms with van der Waals surface area (Å²) in [5.41, 5.74) is 4.93. The maximum atomic E-state index is 15.4. The highest BCUT2D eigenvalue weighted by Crippen LogP contribution is 2.38. The van der Waals surface area contributed by atoms with Gasteiger partial charge in [-0.05, 0) is 62.0 Å². The van der Waals surface area contributed by atoms with E-state index in [1.165, 1.54) is 6.33 Å². The van der Waals surface area contributed by atoms with E-state index in [-0.39, 0.29) is 17.4 Å². The first-order chi connectivity index (χ1) is 16.5. The molecular weight excluding hydrogens is 433 g/mol. The molecule has 0 saturated carbocycles. The van der Waals surface area contributed by atoms with Gasteiger partial charge in [-0.25, -0.2) is 13.9 Å². The van der Waals surface area contributed by atoms with Crippen LogP contribution in [0, 0.1) is 5.82 Å². The summed E-state index contributed by atoms with van der Waals surface area (Å²) in [6, 6.07) is 3.54. The molecule has 0 atom stereocenters. The first-order valence-corrected chi connectivity index (χ1v) is 11.8. The van der Waals surface area contributed by atoms with E-state index in [0.29, 0.717) is 23.0 Å². The van der Waals surface area contributed by atoms with Gasteiger partial charge in [-0.1, -0.05) is 20.8 Å². The minimum Gasteiger partial charge on any atom is -0.493 e. The van der Waals surface area contributed by atoms with E-state index >= 15 is 4.39 Å². The summed E-state index contributed by atoms with van der Waals surface area (Å²) in [5, 5.41) is 11.9. The van der Waals surface area contributed by atoms with Crippen LogP contribution in [0.1, 0.15) is 56.6 Å². The molecule has 9 heteroatoms. The molecule has 0 radical (unpaired) electrons. The lowest BCUT2D eigenvalue weighted by molar-refractivity contribution is 0.222. The highest BCUT2D eigenvalue weighted by molar-refractivity contribution is 5.75. The third kappa shape index (κ3) is 3.94. The normalized spacial score (nSPS) is 15.5. The largest absolute Gasteiger partial charge is 0.493 e. The fraction of sp³-hybridized carbons (Fsp3) is 0.440. The Hall–Kier alpha value is -3.33. The fourth-order valence-corrected chi connectivity index (χ4v) is 4.93. The second kappa shape index (κ2) is 9.13. The van der Waals surface area contributed by atoms with Crippen molar-refractivity contribution >= 4 is 5.65 Å². The number of hydrogen-bond donors (Lipinski definition) is 1. The average molecular weight is 464 g/mol. The monoisotopic (exact) mass is 463 g/mol. The van der Waals surface area contributed by atoms with E-state index in [0.717, 1.165) is 54.9 Å². The Morgan fingerprint density at radius 3 is 2.65 bits per heavy atom. The number of pyridine rings is 2. The lowest BCUT2D eigenvalue weighted by Gasteiger charge is -2.31. The van der Waals surface area contributed by atoms with Crippen LogP contribution in [0.2, 0.25) is 0 Å². The summed E-state index contributed by atoms with van der Waals surface area (Å²) in [4.78, 5) is 11.2. The number of fused-ring (bicyclic) bond motifs is 1. The molecule has 34 heavy (non-hydrogen) atoms. The predicted octanol–water partition coefficient (Wildman–Crippen LogP) is 4.65. The van der Waals surface area contributed by atoms with Gasteiger partial charge in [-0.2, -0.15) is 10.2 Å². The standard InChI is InChI=1S/C25H30FN7O/c1-5-32-8-6-16(7-9-32)17-10-19(26)23(27-12-17)24-21(15(2)3)22(30-31-24)18-11-20(34-4)25-28-14-29-33(25)13-18/h10-16H,5-9H2,1-4H3,(H,30,31). The van der Waals surface area contributed by atoms with E-state index in [4.69, 9.17) is 4.74 Å². The molecule has 1 aliphatic rings. The van der Waals surface area contributed by atoms with Crippen molar-refractivity contribution in [2.45, 2.75) is 45.4 Å². The molecule has 4 aromatic heterocycles. The van der Waals surface area contributed by atoms with Crippen LogP contribution in [-0.4, -0.2) is 61.4 Å². The number of nitrogens with zero attached hydrogens (tertiary/aromatic N) is 6. The SMILES string of the molecule is CCN1CCC(c2cnc(-c3n[nH]c(-c4cc(OC)c5ncnn5c4)c3C(C)C)c(F)c2)CC1. The first kappa shape index (κ1) is 22.5. The molecule has 1 aliphatic heterocycles. The number of halogens is 1. The molecule has 0 unspecified atom stereocenters. The number of ether oxygens (including phenoxy) is 1. The smallest absolute Gasteiger partial charge is 0.197 e. The maximum absolute atomic E-state index is 15.4. The summed E-state index contributed by atoms with van der Waals surface area (Å²) in [7, 11) is 1.60. The molecule has 0 aliphatic carbocycles. The first-order valence-electron chi connectivity index (χ1n) is 11.8. The Bertz CT molecular complexity index is 1300. The van der Waals surface area contributed by atoms with Gasteiger partial charge in [0, 0.05) is 23.5 Å². The summed E-state index contributed by atoms with van der Waals surface area (Å²) < 4.78 is 22.6. The zero-order valence-electron chi connectivity index (χ0n) is 20.0. The van der Waals surface area contributed by atoms with Gasteiger partial charge in [0.05, 0.1) is 12.8 Å². The second-order valence-corrected chi connectivity index (χ2v) is 9.15. The molecule has 0 bridgehead atoms. The van der Waals surface area contributed by atoms with Crippen molar-refractivity contribution in [1.82, 2.24) is 34.7 Å². The molecule has 1 fully saturated rings. The minimum absolute atomic E-state index is 0.0837. The Kier molecular flexibility index (Phi) is 6.03. The lowest BCUT2D eigenvalue weighted by atomic mass is 9.90. The number of H-pyrrole nitrogens is 1. The molecule has 4 aromatic rings. The van der Waals surface area contributed by atoms with E-state index in [1.54, 1.807) is 17.7 Å². The van der Waals surface area contributed by atoms with Crippen molar-refractivity contribution < 1.29 is 9.13 Å². The van der Waals surface area contributed by atoms with Gasteiger partial charge < -0.3 is 9.64 Å². The molecule has 0 spiro atoms. The van der Waals surface area contributed by atoms with Gasteiger partial charge in [0.1, 0.15) is 17.7 Å². The van der Waals surface area contributed by atoms with Gasteiger partial charge in [-0.15, -0.1) is 0 Å². The van der Waals surface area contributed by atoms with Gasteiger partial charge in [0.2, 0.25) is 0 Å².